The van der Waals surface area contributed by atoms with Gasteiger partial charge < -0.3 is 9.47 Å². The van der Waals surface area contributed by atoms with Crippen LogP contribution < -0.4 is 9.47 Å². The summed E-state index contributed by atoms with van der Waals surface area (Å²) in [6, 6.07) is 16.6. The third kappa shape index (κ3) is 3.15. The van der Waals surface area contributed by atoms with Crippen LogP contribution in [-0.4, -0.2) is 13.1 Å². The van der Waals surface area contributed by atoms with E-state index >= 15 is 0 Å². The van der Waals surface area contributed by atoms with E-state index in [0.29, 0.717) is 22.1 Å². The summed E-state index contributed by atoms with van der Waals surface area (Å²) in [5, 5.41) is 2.33. The van der Waals surface area contributed by atoms with Gasteiger partial charge in [0, 0.05) is 0 Å². The molecule has 3 aromatic rings. The van der Waals surface area contributed by atoms with E-state index < -0.39 is 5.97 Å². The Morgan fingerprint density at radius 1 is 0.957 bits per heavy atom. The van der Waals surface area contributed by atoms with Gasteiger partial charge in [-0.05, 0) is 47.5 Å². The fraction of sp³-hybridized carbons (Fsp3) is 0.105. The van der Waals surface area contributed by atoms with Crippen LogP contribution in [0, 0.1) is 6.92 Å². The Morgan fingerprint density at radius 2 is 1.65 bits per heavy atom. The number of benzene rings is 3. The molecule has 0 aliphatic carbocycles. The van der Waals surface area contributed by atoms with E-state index in [0.717, 1.165) is 16.3 Å². The Kier molecular flexibility index (Phi) is 4.22. The van der Waals surface area contributed by atoms with Crippen molar-refractivity contribution in [2.24, 2.45) is 0 Å². The van der Waals surface area contributed by atoms with Crippen molar-refractivity contribution in [1.82, 2.24) is 0 Å². The van der Waals surface area contributed by atoms with Crippen LogP contribution in [0.2, 0.25) is 5.02 Å². The minimum Gasteiger partial charge on any atom is -0.496 e. The van der Waals surface area contributed by atoms with Crippen LogP contribution in [0.4, 0.5) is 0 Å². The Morgan fingerprint density at radius 3 is 2.35 bits per heavy atom. The largest absolute Gasteiger partial charge is 0.496 e. The second-order valence-corrected chi connectivity index (χ2v) is 5.63. The molecule has 0 aromatic heterocycles. The number of carbonyl (C=O) groups is 1. The lowest BCUT2D eigenvalue weighted by atomic mass is 10.1. The number of esters is 1. The van der Waals surface area contributed by atoms with Crippen LogP contribution in [0.3, 0.4) is 0 Å². The normalized spacial score (nSPS) is 10.6. The van der Waals surface area contributed by atoms with E-state index in [9.17, 15) is 4.79 Å². The maximum atomic E-state index is 12.5. The summed E-state index contributed by atoms with van der Waals surface area (Å²) in [6.45, 7) is 1.91. The smallest absolute Gasteiger partial charge is 0.347 e. The fourth-order valence-electron chi connectivity index (χ4n) is 2.39. The molecule has 0 aliphatic heterocycles. The summed E-state index contributed by atoms with van der Waals surface area (Å²) in [6.07, 6.45) is 0. The number of hydrogen-bond acceptors (Lipinski definition) is 3. The zero-order chi connectivity index (χ0) is 16.4. The first-order valence-electron chi connectivity index (χ1n) is 7.13. The lowest BCUT2D eigenvalue weighted by Gasteiger charge is -2.11. The number of hydrogen-bond donors (Lipinski definition) is 0. The van der Waals surface area contributed by atoms with Crippen molar-refractivity contribution >= 4 is 28.3 Å². The third-order valence-corrected chi connectivity index (χ3v) is 3.89. The number of carbonyl (C=O) groups excluding carboxylic acids is 1. The van der Waals surface area contributed by atoms with E-state index in [-0.39, 0.29) is 0 Å². The van der Waals surface area contributed by atoms with Crippen molar-refractivity contribution in [1.29, 1.82) is 0 Å². The molecular formula is C19H15ClO3. The Hall–Kier alpha value is -2.52. The highest BCUT2D eigenvalue weighted by atomic mass is 35.5. The van der Waals surface area contributed by atoms with Gasteiger partial charge in [-0.2, -0.15) is 0 Å². The second-order valence-electron chi connectivity index (χ2n) is 5.22. The van der Waals surface area contributed by atoms with Gasteiger partial charge in [-0.25, -0.2) is 4.79 Å². The predicted octanol–water partition coefficient (Wildman–Crippen LogP) is 5.03. The highest BCUT2D eigenvalue weighted by molar-refractivity contribution is 6.32. The van der Waals surface area contributed by atoms with Crippen LogP contribution in [-0.2, 0) is 0 Å². The van der Waals surface area contributed by atoms with Crippen molar-refractivity contribution in [3.8, 4) is 11.5 Å². The maximum Gasteiger partial charge on any atom is 0.347 e. The highest BCUT2D eigenvalue weighted by Gasteiger charge is 2.17. The van der Waals surface area contributed by atoms with Gasteiger partial charge in [0.25, 0.3) is 0 Å². The second kappa shape index (κ2) is 6.31. The topological polar surface area (TPSA) is 35.5 Å². The molecular weight excluding hydrogens is 312 g/mol. The molecule has 0 radical (unpaired) electrons. The molecule has 3 aromatic carbocycles. The molecule has 3 rings (SSSR count). The van der Waals surface area contributed by atoms with Gasteiger partial charge in [0.05, 0.1) is 12.1 Å². The monoisotopic (exact) mass is 326 g/mol. The average molecular weight is 327 g/mol. The van der Waals surface area contributed by atoms with Gasteiger partial charge in [0.2, 0.25) is 0 Å². The number of rotatable bonds is 3. The van der Waals surface area contributed by atoms with Gasteiger partial charge in [-0.3, -0.25) is 0 Å². The molecule has 23 heavy (non-hydrogen) atoms. The minimum atomic E-state index is -0.500. The Labute approximate surface area is 139 Å². The molecule has 4 heteroatoms. The van der Waals surface area contributed by atoms with Crippen molar-refractivity contribution in [3.05, 3.63) is 70.7 Å². The lowest BCUT2D eigenvalue weighted by molar-refractivity contribution is 0.0731. The van der Waals surface area contributed by atoms with E-state index in [2.05, 4.69) is 0 Å². The number of aryl methyl sites for hydroxylation is 1. The first-order valence-corrected chi connectivity index (χ1v) is 7.51. The number of halogens is 1. The standard InChI is InChI=1S/C19H15ClO3/c1-12-7-8-16(20)18(9-12)23-19(21)15-10-13-5-3-4-6-14(13)11-17(15)22-2/h3-11H,1-2H3. The molecule has 0 saturated carbocycles. The van der Waals surface area contributed by atoms with Gasteiger partial charge >= 0.3 is 5.97 Å². The van der Waals surface area contributed by atoms with Gasteiger partial charge in [0.15, 0.2) is 0 Å². The number of fused-ring (bicyclic) bond motifs is 1. The van der Waals surface area contributed by atoms with Crippen molar-refractivity contribution in [3.63, 3.8) is 0 Å². The molecule has 0 atom stereocenters. The Balaban J connectivity index is 2.01. The molecule has 0 bridgehead atoms. The fourth-order valence-corrected chi connectivity index (χ4v) is 2.55. The molecule has 3 nitrogen and oxygen atoms in total. The summed E-state index contributed by atoms with van der Waals surface area (Å²) < 4.78 is 10.8. The molecule has 0 aliphatic rings. The number of methoxy groups -OCH3 is 1. The van der Waals surface area contributed by atoms with Gasteiger partial charge in [0.1, 0.15) is 17.1 Å². The van der Waals surface area contributed by atoms with E-state index in [1.165, 1.54) is 7.11 Å². The quantitative estimate of drug-likeness (QED) is 0.500. The molecule has 0 fully saturated rings. The highest BCUT2D eigenvalue weighted by Crippen LogP contribution is 2.30. The Bertz CT molecular complexity index is 887. The predicted molar refractivity (Wildman–Crippen MR) is 91.6 cm³/mol. The van der Waals surface area contributed by atoms with Crippen molar-refractivity contribution < 1.29 is 14.3 Å². The van der Waals surface area contributed by atoms with Crippen LogP contribution in [0.1, 0.15) is 15.9 Å². The van der Waals surface area contributed by atoms with Crippen LogP contribution in [0.25, 0.3) is 10.8 Å². The molecule has 0 saturated heterocycles. The van der Waals surface area contributed by atoms with E-state index in [1.54, 1.807) is 18.2 Å². The number of ether oxygens (including phenoxy) is 2. The van der Waals surface area contributed by atoms with Crippen molar-refractivity contribution in [2.45, 2.75) is 6.92 Å². The van der Waals surface area contributed by atoms with E-state index in [1.807, 2.05) is 43.3 Å². The summed E-state index contributed by atoms with van der Waals surface area (Å²) in [5.74, 6) is 0.310. The zero-order valence-corrected chi connectivity index (χ0v) is 13.6. The van der Waals surface area contributed by atoms with Crippen LogP contribution in [0.15, 0.2) is 54.6 Å². The summed E-state index contributed by atoms with van der Waals surface area (Å²) in [4.78, 5) is 12.5. The molecule has 116 valence electrons. The summed E-state index contributed by atoms with van der Waals surface area (Å²) >= 11 is 6.09. The SMILES string of the molecule is COc1cc2ccccc2cc1C(=O)Oc1cc(C)ccc1Cl. The first-order chi connectivity index (χ1) is 11.1. The minimum absolute atomic E-state index is 0.340. The van der Waals surface area contributed by atoms with Gasteiger partial charge in [-0.1, -0.05) is 41.9 Å². The zero-order valence-electron chi connectivity index (χ0n) is 12.8. The summed E-state index contributed by atoms with van der Waals surface area (Å²) in [5.41, 5.74) is 1.33. The molecule has 0 N–H and O–H groups in total. The molecule has 0 amide bonds. The van der Waals surface area contributed by atoms with Crippen LogP contribution >= 0.6 is 11.6 Å². The van der Waals surface area contributed by atoms with E-state index in [4.69, 9.17) is 21.1 Å². The first kappa shape index (κ1) is 15.4. The average Bonchev–Trinajstić information content (AvgIpc) is 2.56. The molecule has 0 unspecified atom stereocenters. The maximum absolute atomic E-state index is 12.5. The molecule has 0 spiro atoms. The van der Waals surface area contributed by atoms with Crippen LogP contribution in [0.5, 0.6) is 11.5 Å². The molecule has 0 heterocycles. The van der Waals surface area contributed by atoms with Crippen molar-refractivity contribution in [2.75, 3.05) is 7.11 Å². The van der Waals surface area contributed by atoms with Gasteiger partial charge in [-0.15, -0.1) is 0 Å². The third-order valence-electron chi connectivity index (χ3n) is 3.58. The summed E-state index contributed by atoms with van der Waals surface area (Å²) in [7, 11) is 1.53. The lowest BCUT2D eigenvalue weighted by Crippen LogP contribution is -2.10.